The Hall–Kier alpha value is -2.04. The van der Waals surface area contributed by atoms with Gasteiger partial charge in [0.2, 0.25) is 0 Å². The second kappa shape index (κ2) is 6.61. The van der Waals surface area contributed by atoms with Crippen molar-refractivity contribution in [3.8, 4) is 5.75 Å². The number of rotatable bonds is 4. The van der Waals surface area contributed by atoms with Crippen molar-refractivity contribution in [2.75, 3.05) is 13.1 Å². The lowest BCUT2D eigenvalue weighted by molar-refractivity contribution is -0.137. The van der Waals surface area contributed by atoms with Crippen molar-refractivity contribution >= 4 is 11.9 Å². The summed E-state index contributed by atoms with van der Waals surface area (Å²) in [5, 5.41) is 18.5. The highest BCUT2D eigenvalue weighted by atomic mass is 16.4. The van der Waals surface area contributed by atoms with Crippen LogP contribution in [0.5, 0.6) is 5.75 Å². The van der Waals surface area contributed by atoms with E-state index in [-0.39, 0.29) is 24.0 Å². The highest BCUT2D eigenvalue weighted by molar-refractivity contribution is 5.96. The van der Waals surface area contributed by atoms with Crippen LogP contribution in [-0.2, 0) is 4.79 Å². The first kappa shape index (κ1) is 15.4. The highest BCUT2D eigenvalue weighted by Gasteiger charge is 2.26. The van der Waals surface area contributed by atoms with Crippen LogP contribution in [0.3, 0.4) is 0 Å². The van der Waals surface area contributed by atoms with Gasteiger partial charge in [-0.1, -0.05) is 6.07 Å². The number of hydrogen-bond donors (Lipinski definition) is 2. The van der Waals surface area contributed by atoms with E-state index in [1.165, 1.54) is 0 Å². The summed E-state index contributed by atoms with van der Waals surface area (Å²) in [6.45, 7) is 3.02. The van der Waals surface area contributed by atoms with E-state index in [2.05, 4.69) is 0 Å². The first-order valence-electron chi connectivity index (χ1n) is 7.28. The zero-order chi connectivity index (χ0) is 15.4. The van der Waals surface area contributed by atoms with Crippen molar-refractivity contribution in [2.45, 2.75) is 32.6 Å². The first-order valence-corrected chi connectivity index (χ1v) is 7.28. The van der Waals surface area contributed by atoms with Crippen LogP contribution in [0.1, 0.15) is 41.6 Å². The zero-order valence-electron chi connectivity index (χ0n) is 12.2. The van der Waals surface area contributed by atoms with Crippen LogP contribution in [0.15, 0.2) is 18.2 Å². The molecule has 1 saturated heterocycles. The third-order valence-corrected chi connectivity index (χ3v) is 4.11. The number of phenols is 1. The molecule has 114 valence electrons. The third-order valence-electron chi connectivity index (χ3n) is 4.11. The maximum atomic E-state index is 12.6. The van der Waals surface area contributed by atoms with Crippen molar-refractivity contribution in [1.82, 2.24) is 4.90 Å². The van der Waals surface area contributed by atoms with E-state index in [0.29, 0.717) is 30.6 Å². The van der Waals surface area contributed by atoms with Gasteiger partial charge in [0.05, 0.1) is 0 Å². The quantitative estimate of drug-likeness (QED) is 0.893. The molecule has 0 spiro atoms. The molecule has 1 aliphatic rings. The zero-order valence-corrected chi connectivity index (χ0v) is 12.2. The summed E-state index contributed by atoms with van der Waals surface area (Å²) in [7, 11) is 0. The lowest BCUT2D eigenvalue weighted by Crippen LogP contribution is -2.40. The molecule has 0 bridgehead atoms. The number of aromatic hydroxyl groups is 1. The maximum absolute atomic E-state index is 12.6. The molecule has 1 aliphatic heterocycles. The Morgan fingerprint density at radius 2 is 2.14 bits per heavy atom. The number of benzene rings is 1. The number of carboxylic acids is 1. The Bertz CT molecular complexity index is 541. The number of piperidine rings is 1. The van der Waals surface area contributed by atoms with E-state index >= 15 is 0 Å². The molecular formula is C16H21NO4. The van der Waals surface area contributed by atoms with Crippen LogP contribution >= 0.6 is 0 Å². The van der Waals surface area contributed by atoms with E-state index in [4.69, 9.17) is 5.11 Å². The topological polar surface area (TPSA) is 77.8 Å². The molecule has 5 heteroatoms. The van der Waals surface area contributed by atoms with Gasteiger partial charge in [-0.25, -0.2) is 0 Å². The Labute approximate surface area is 124 Å². The van der Waals surface area contributed by atoms with Gasteiger partial charge in [-0.3, -0.25) is 9.59 Å². The van der Waals surface area contributed by atoms with Gasteiger partial charge < -0.3 is 15.1 Å². The lowest BCUT2D eigenvalue weighted by Gasteiger charge is -2.33. The van der Waals surface area contributed by atoms with E-state index in [0.717, 1.165) is 12.8 Å². The standard InChI is InChI=1S/C16H21NO4/c1-11-13(5-2-6-14(11)18)16(21)17-9-3-4-12(10-17)7-8-15(19)20/h2,5-6,12,18H,3-4,7-10H2,1H3,(H,19,20). The molecule has 1 atom stereocenters. The SMILES string of the molecule is Cc1c(O)cccc1C(=O)N1CCCC(CCC(=O)O)C1. The van der Waals surface area contributed by atoms with Gasteiger partial charge in [-0.15, -0.1) is 0 Å². The average molecular weight is 291 g/mol. The Kier molecular flexibility index (Phi) is 4.83. The Balaban J connectivity index is 2.05. The fraction of sp³-hybridized carbons (Fsp3) is 0.500. The largest absolute Gasteiger partial charge is 0.508 e. The van der Waals surface area contributed by atoms with Gasteiger partial charge in [-0.05, 0) is 44.2 Å². The molecule has 1 amide bonds. The van der Waals surface area contributed by atoms with Crippen LogP contribution in [0.4, 0.5) is 0 Å². The Morgan fingerprint density at radius 1 is 1.38 bits per heavy atom. The second-order valence-corrected chi connectivity index (χ2v) is 5.64. The summed E-state index contributed by atoms with van der Waals surface area (Å²) >= 11 is 0. The molecule has 2 rings (SSSR count). The van der Waals surface area contributed by atoms with Gasteiger partial charge in [-0.2, -0.15) is 0 Å². The van der Waals surface area contributed by atoms with Crippen molar-refractivity contribution in [1.29, 1.82) is 0 Å². The number of nitrogens with zero attached hydrogens (tertiary/aromatic N) is 1. The fourth-order valence-electron chi connectivity index (χ4n) is 2.84. The summed E-state index contributed by atoms with van der Waals surface area (Å²) in [4.78, 5) is 25.0. The normalized spacial score (nSPS) is 18.5. The average Bonchev–Trinajstić information content (AvgIpc) is 2.47. The highest BCUT2D eigenvalue weighted by Crippen LogP contribution is 2.25. The van der Waals surface area contributed by atoms with Crippen molar-refractivity contribution < 1.29 is 19.8 Å². The van der Waals surface area contributed by atoms with Crippen LogP contribution in [0.25, 0.3) is 0 Å². The molecule has 5 nitrogen and oxygen atoms in total. The smallest absolute Gasteiger partial charge is 0.303 e. The molecule has 0 aromatic heterocycles. The molecule has 2 N–H and O–H groups in total. The van der Waals surface area contributed by atoms with E-state index in [1.807, 2.05) is 0 Å². The van der Waals surface area contributed by atoms with Gasteiger partial charge >= 0.3 is 5.97 Å². The van der Waals surface area contributed by atoms with Gasteiger partial charge in [0.15, 0.2) is 0 Å². The van der Waals surface area contributed by atoms with Crippen LogP contribution in [0, 0.1) is 12.8 Å². The van der Waals surface area contributed by atoms with Gasteiger partial charge in [0.25, 0.3) is 5.91 Å². The molecule has 1 fully saturated rings. The minimum absolute atomic E-state index is 0.0802. The van der Waals surface area contributed by atoms with E-state index in [1.54, 1.807) is 30.0 Å². The maximum Gasteiger partial charge on any atom is 0.303 e. The van der Waals surface area contributed by atoms with Crippen LogP contribution in [0.2, 0.25) is 0 Å². The predicted octanol–water partition coefficient (Wildman–Crippen LogP) is 2.42. The number of aliphatic carboxylic acids is 1. The first-order chi connectivity index (χ1) is 9.99. The molecule has 0 radical (unpaired) electrons. The lowest BCUT2D eigenvalue weighted by atomic mass is 9.92. The van der Waals surface area contributed by atoms with Crippen molar-refractivity contribution in [3.63, 3.8) is 0 Å². The number of phenolic OH excluding ortho intramolecular Hbond substituents is 1. The van der Waals surface area contributed by atoms with Crippen LogP contribution in [-0.4, -0.2) is 40.1 Å². The van der Waals surface area contributed by atoms with E-state index in [9.17, 15) is 14.7 Å². The molecule has 0 aliphatic carbocycles. The monoisotopic (exact) mass is 291 g/mol. The molecule has 1 aromatic carbocycles. The number of carbonyl (C=O) groups excluding carboxylic acids is 1. The molecule has 1 unspecified atom stereocenters. The number of carbonyl (C=O) groups is 2. The molecule has 1 heterocycles. The van der Waals surface area contributed by atoms with Gasteiger partial charge in [0.1, 0.15) is 5.75 Å². The fourth-order valence-corrected chi connectivity index (χ4v) is 2.84. The second-order valence-electron chi connectivity index (χ2n) is 5.64. The van der Waals surface area contributed by atoms with Crippen LogP contribution < -0.4 is 0 Å². The van der Waals surface area contributed by atoms with Crippen molar-refractivity contribution in [2.24, 2.45) is 5.92 Å². The number of likely N-dealkylation sites (tertiary alicyclic amines) is 1. The van der Waals surface area contributed by atoms with Gasteiger partial charge in [0, 0.05) is 30.6 Å². The van der Waals surface area contributed by atoms with E-state index < -0.39 is 5.97 Å². The number of carboxylic acid groups (broad SMARTS) is 1. The third kappa shape index (κ3) is 3.74. The minimum atomic E-state index is -0.790. The summed E-state index contributed by atoms with van der Waals surface area (Å²) in [5.74, 6) is -0.498. The van der Waals surface area contributed by atoms with Crippen molar-refractivity contribution in [3.05, 3.63) is 29.3 Å². The number of amides is 1. The number of hydrogen-bond acceptors (Lipinski definition) is 3. The summed E-state index contributed by atoms with van der Waals surface area (Å²) in [6.07, 6.45) is 2.62. The predicted molar refractivity (Wildman–Crippen MR) is 78.3 cm³/mol. The molecule has 21 heavy (non-hydrogen) atoms. The summed E-state index contributed by atoms with van der Waals surface area (Å²) in [5.41, 5.74) is 1.11. The molecule has 1 aromatic rings. The molecular weight excluding hydrogens is 270 g/mol. The summed E-state index contributed by atoms with van der Waals surface area (Å²) < 4.78 is 0. The molecule has 0 saturated carbocycles. The Morgan fingerprint density at radius 3 is 2.86 bits per heavy atom. The summed E-state index contributed by atoms with van der Waals surface area (Å²) in [6, 6.07) is 4.96. The minimum Gasteiger partial charge on any atom is -0.508 e.